The summed E-state index contributed by atoms with van der Waals surface area (Å²) >= 11 is 1.16. The number of aromatic nitrogens is 2. The normalized spacial score (nSPS) is 10.5. The van der Waals surface area contributed by atoms with Gasteiger partial charge in [-0.1, -0.05) is 13.3 Å². The van der Waals surface area contributed by atoms with Crippen LogP contribution >= 0.6 is 11.8 Å². The van der Waals surface area contributed by atoms with Crippen LogP contribution in [0.25, 0.3) is 0 Å². The molecule has 0 amide bonds. The lowest BCUT2D eigenvalue weighted by Crippen LogP contribution is -2.31. The Bertz CT molecular complexity index is 534. The lowest BCUT2D eigenvalue weighted by atomic mass is 10.4. The van der Waals surface area contributed by atoms with Gasteiger partial charge in [0.2, 0.25) is 0 Å². The van der Waals surface area contributed by atoms with Crippen molar-refractivity contribution in [2.24, 2.45) is 7.05 Å². The molecule has 0 saturated heterocycles. The van der Waals surface area contributed by atoms with Gasteiger partial charge in [0, 0.05) is 7.05 Å². The van der Waals surface area contributed by atoms with Gasteiger partial charge in [0.15, 0.2) is 5.03 Å². The number of nitrogens with zero attached hydrogens (tertiary/aromatic N) is 2. The fourth-order valence-corrected chi connectivity index (χ4v) is 2.43. The summed E-state index contributed by atoms with van der Waals surface area (Å²) in [6, 6.07) is 0. The molecule has 7 nitrogen and oxygen atoms in total. The molecule has 1 aromatic rings. The number of hydrogen-bond acceptors (Lipinski definition) is 5. The topological polar surface area (TPSA) is 98.0 Å². The highest BCUT2D eigenvalue weighted by Gasteiger charge is 2.23. The van der Waals surface area contributed by atoms with Crippen molar-refractivity contribution in [3.8, 4) is 0 Å². The molecule has 1 aromatic heterocycles. The first-order chi connectivity index (χ1) is 7.99. The Morgan fingerprint density at radius 3 is 2.65 bits per heavy atom. The van der Waals surface area contributed by atoms with Crippen LogP contribution in [0, 0.1) is 10.1 Å². The van der Waals surface area contributed by atoms with Gasteiger partial charge in [-0.15, -0.1) is 11.8 Å². The molecular weight excluding hydrogens is 246 g/mol. The lowest BCUT2D eigenvalue weighted by molar-refractivity contribution is -0.390. The van der Waals surface area contributed by atoms with E-state index in [9.17, 15) is 19.7 Å². The Hall–Kier alpha value is -1.57. The van der Waals surface area contributed by atoms with Crippen LogP contribution in [-0.2, 0) is 7.05 Å². The second-order valence-corrected chi connectivity index (χ2v) is 4.51. The van der Waals surface area contributed by atoms with Crippen molar-refractivity contribution < 1.29 is 4.92 Å². The van der Waals surface area contributed by atoms with Crippen LogP contribution in [0.3, 0.4) is 0 Å². The van der Waals surface area contributed by atoms with E-state index in [1.54, 1.807) is 0 Å². The molecule has 0 aromatic carbocycles. The van der Waals surface area contributed by atoms with Crippen molar-refractivity contribution in [2.45, 2.75) is 24.8 Å². The van der Waals surface area contributed by atoms with Gasteiger partial charge >= 0.3 is 16.9 Å². The molecule has 94 valence electrons. The number of nitrogens with one attached hydrogen (secondary N) is 1. The Morgan fingerprint density at radius 1 is 1.47 bits per heavy atom. The fraction of sp³-hybridized carbons (Fsp3) is 0.556. The third-order valence-electron chi connectivity index (χ3n) is 2.17. The van der Waals surface area contributed by atoms with Gasteiger partial charge in [-0.25, -0.2) is 4.79 Å². The van der Waals surface area contributed by atoms with Crippen molar-refractivity contribution in [1.82, 2.24) is 9.55 Å². The van der Waals surface area contributed by atoms with E-state index in [0.717, 1.165) is 29.2 Å². The van der Waals surface area contributed by atoms with Gasteiger partial charge in [-0.05, 0) is 12.2 Å². The van der Waals surface area contributed by atoms with Crippen LogP contribution in [0.2, 0.25) is 0 Å². The van der Waals surface area contributed by atoms with Gasteiger partial charge in [-0.3, -0.25) is 24.5 Å². The number of hydrogen-bond donors (Lipinski definition) is 1. The number of rotatable bonds is 5. The Balaban J connectivity index is 3.28. The predicted molar refractivity (Wildman–Crippen MR) is 64.6 cm³/mol. The van der Waals surface area contributed by atoms with Crippen molar-refractivity contribution in [2.75, 3.05) is 5.75 Å². The van der Waals surface area contributed by atoms with Crippen LogP contribution in [0.15, 0.2) is 14.6 Å². The Labute approximate surface area is 101 Å². The predicted octanol–water partition coefficient (Wildman–Crippen LogP) is 0.874. The third-order valence-corrected chi connectivity index (χ3v) is 3.40. The van der Waals surface area contributed by atoms with Crippen LogP contribution in [-0.4, -0.2) is 20.2 Å². The summed E-state index contributed by atoms with van der Waals surface area (Å²) in [6.45, 7) is 1.99. The van der Waals surface area contributed by atoms with E-state index in [1.165, 1.54) is 7.05 Å². The molecule has 1 heterocycles. The van der Waals surface area contributed by atoms with Gasteiger partial charge in [0.05, 0.1) is 4.92 Å². The summed E-state index contributed by atoms with van der Waals surface area (Å²) in [5, 5.41) is 10.9. The van der Waals surface area contributed by atoms with Gasteiger partial charge in [0.25, 0.3) is 0 Å². The number of nitro groups is 1. The zero-order valence-corrected chi connectivity index (χ0v) is 10.4. The van der Waals surface area contributed by atoms with Crippen LogP contribution in [0.1, 0.15) is 19.8 Å². The minimum Gasteiger partial charge on any atom is -0.285 e. The van der Waals surface area contributed by atoms with E-state index in [4.69, 9.17) is 0 Å². The molecule has 0 radical (unpaired) electrons. The molecule has 1 N–H and O–H groups in total. The summed E-state index contributed by atoms with van der Waals surface area (Å²) in [6.07, 6.45) is 1.81. The van der Waals surface area contributed by atoms with Gasteiger partial charge < -0.3 is 0 Å². The van der Waals surface area contributed by atoms with Crippen molar-refractivity contribution in [3.05, 3.63) is 31.0 Å². The lowest BCUT2D eigenvalue weighted by Gasteiger charge is -2.06. The molecule has 0 aliphatic carbocycles. The molecule has 0 bridgehead atoms. The first-order valence-electron chi connectivity index (χ1n) is 5.09. The van der Waals surface area contributed by atoms with E-state index in [-0.39, 0.29) is 5.03 Å². The maximum Gasteiger partial charge on any atom is 0.364 e. The first-order valence-corrected chi connectivity index (χ1v) is 6.08. The summed E-state index contributed by atoms with van der Waals surface area (Å²) in [7, 11) is 1.40. The maximum absolute atomic E-state index is 11.4. The van der Waals surface area contributed by atoms with Crippen molar-refractivity contribution in [1.29, 1.82) is 0 Å². The highest BCUT2D eigenvalue weighted by molar-refractivity contribution is 7.99. The molecular formula is C9H13N3O4S. The van der Waals surface area contributed by atoms with E-state index < -0.39 is 21.9 Å². The summed E-state index contributed by atoms with van der Waals surface area (Å²) < 4.78 is 1.10. The van der Waals surface area contributed by atoms with Crippen LogP contribution in [0.5, 0.6) is 0 Å². The van der Waals surface area contributed by atoms with Gasteiger partial charge in [0.1, 0.15) is 0 Å². The number of aromatic amines is 1. The molecule has 17 heavy (non-hydrogen) atoms. The summed E-state index contributed by atoms with van der Waals surface area (Å²) in [5.41, 5.74) is -2.15. The molecule has 0 atom stereocenters. The molecule has 0 aliphatic heterocycles. The van der Waals surface area contributed by atoms with E-state index in [1.807, 2.05) is 11.9 Å². The highest BCUT2D eigenvalue weighted by atomic mass is 32.2. The maximum atomic E-state index is 11.4. The SMILES string of the molecule is CCCCSc1c([N+](=O)[O-])c(=O)[nH]c(=O)n1C. The zero-order valence-electron chi connectivity index (χ0n) is 9.56. The first kappa shape index (κ1) is 13.5. The molecule has 0 fully saturated rings. The smallest absolute Gasteiger partial charge is 0.285 e. The van der Waals surface area contributed by atoms with Crippen molar-refractivity contribution in [3.63, 3.8) is 0 Å². The zero-order chi connectivity index (χ0) is 13.0. The minimum atomic E-state index is -0.947. The Morgan fingerprint density at radius 2 is 2.12 bits per heavy atom. The second kappa shape index (κ2) is 5.67. The summed E-state index contributed by atoms with van der Waals surface area (Å²) in [5.74, 6) is 0.633. The third kappa shape index (κ3) is 2.96. The average molecular weight is 259 g/mol. The molecule has 8 heteroatoms. The molecule has 1 rings (SSSR count). The monoisotopic (exact) mass is 259 g/mol. The standard InChI is InChI=1S/C9H13N3O4S/c1-3-4-5-17-8-6(12(15)16)7(13)10-9(14)11(8)2/h3-5H2,1-2H3,(H,10,13,14). The highest BCUT2D eigenvalue weighted by Crippen LogP contribution is 2.24. The Kier molecular flexibility index (Phi) is 4.50. The van der Waals surface area contributed by atoms with Crippen molar-refractivity contribution >= 4 is 17.4 Å². The van der Waals surface area contributed by atoms with Gasteiger partial charge in [-0.2, -0.15) is 0 Å². The largest absolute Gasteiger partial charge is 0.364 e. The minimum absolute atomic E-state index is 0.109. The summed E-state index contributed by atoms with van der Waals surface area (Å²) in [4.78, 5) is 34.7. The van der Waals surface area contributed by atoms with E-state index in [0.29, 0.717) is 5.75 Å². The number of thioether (sulfide) groups is 1. The molecule has 0 saturated carbocycles. The van der Waals surface area contributed by atoms with E-state index in [2.05, 4.69) is 0 Å². The molecule has 0 spiro atoms. The number of H-pyrrole nitrogens is 1. The van der Waals surface area contributed by atoms with E-state index >= 15 is 0 Å². The molecule has 0 aliphatic rings. The quantitative estimate of drug-likeness (QED) is 0.278. The van der Waals surface area contributed by atoms with Crippen LogP contribution < -0.4 is 11.2 Å². The average Bonchev–Trinajstić information content (AvgIpc) is 2.24. The molecule has 0 unspecified atom stereocenters. The number of unbranched alkanes of at least 4 members (excludes halogenated alkanes) is 1. The fourth-order valence-electron chi connectivity index (χ4n) is 1.23. The van der Waals surface area contributed by atoms with Crippen LogP contribution in [0.4, 0.5) is 5.69 Å². The second-order valence-electron chi connectivity index (χ2n) is 3.43.